The minimum atomic E-state index is -0.726. The summed E-state index contributed by atoms with van der Waals surface area (Å²) in [5, 5.41) is 21.9. The predicted octanol–water partition coefficient (Wildman–Crippen LogP) is 3.68. The van der Waals surface area contributed by atoms with Gasteiger partial charge in [-0.2, -0.15) is 0 Å². The minimum Gasteiger partial charge on any atom is -0.294 e. The van der Waals surface area contributed by atoms with E-state index in [1.54, 1.807) is 6.92 Å². The van der Waals surface area contributed by atoms with E-state index in [2.05, 4.69) is 0 Å². The monoisotopic (exact) mass is 294 g/mol. The number of ketones is 1. The molecule has 0 aromatic heterocycles. The summed E-state index contributed by atoms with van der Waals surface area (Å²) in [4.78, 5) is 32.8. The highest BCUT2D eigenvalue weighted by Crippen LogP contribution is 2.30. The molecule has 1 aromatic rings. The Kier molecular flexibility index (Phi) is 5.12. The van der Waals surface area contributed by atoms with Gasteiger partial charge in [-0.25, -0.2) is 0 Å². The molecule has 0 saturated carbocycles. The van der Waals surface area contributed by atoms with Gasteiger partial charge in [0.15, 0.2) is 5.78 Å². The van der Waals surface area contributed by atoms with Crippen molar-refractivity contribution in [2.24, 2.45) is 11.8 Å². The zero-order valence-electron chi connectivity index (χ0n) is 12.5. The average molecular weight is 294 g/mol. The van der Waals surface area contributed by atoms with Crippen LogP contribution in [0.2, 0.25) is 0 Å². The summed E-state index contributed by atoms with van der Waals surface area (Å²) in [5.74, 6) is -0.351. The molecule has 0 amide bonds. The number of nitro groups is 2. The van der Waals surface area contributed by atoms with Crippen molar-refractivity contribution >= 4 is 17.2 Å². The van der Waals surface area contributed by atoms with Crippen molar-refractivity contribution in [1.82, 2.24) is 0 Å². The SMILES string of the molecule is Cc1c(C(=O)C(C)CC(C)C)cc([N+](=O)[O-])cc1[N+](=O)[O-]. The number of nitrogens with zero attached hydrogens (tertiary/aromatic N) is 2. The molecule has 0 N–H and O–H groups in total. The van der Waals surface area contributed by atoms with Gasteiger partial charge in [0.25, 0.3) is 11.4 Å². The lowest BCUT2D eigenvalue weighted by Gasteiger charge is -2.14. The molecule has 1 rings (SSSR count). The molecular weight excluding hydrogens is 276 g/mol. The maximum absolute atomic E-state index is 12.4. The summed E-state index contributed by atoms with van der Waals surface area (Å²) in [5.41, 5.74) is -0.605. The third-order valence-corrected chi connectivity index (χ3v) is 3.31. The lowest BCUT2D eigenvalue weighted by molar-refractivity contribution is -0.394. The van der Waals surface area contributed by atoms with Crippen LogP contribution < -0.4 is 0 Å². The van der Waals surface area contributed by atoms with Gasteiger partial charge >= 0.3 is 0 Å². The van der Waals surface area contributed by atoms with Crippen LogP contribution in [-0.4, -0.2) is 15.6 Å². The van der Waals surface area contributed by atoms with Gasteiger partial charge in [0.1, 0.15) is 0 Å². The van der Waals surface area contributed by atoms with E-state index in [0.717, 1.165) is 12.1 Å². The van der Waals surface area contributed by atoms with E-state index in [-0.39, 0.29) is 28.7 Å². The topological polar surface area (TPSA) is 103 Å². The van der Waals surface area contributed by atoms with Gasteiger partial charge in [0.2, 0.25) is 0 Å². The van der Waals surface area contributed by atoms with E-state index in [9.17, 15) is 25.0 Å². The van der Waals surface area contributed by atoms with Crippen LogP contribution in [0.4, 0.5) is 11.4 Å². The van der Waals surface area contributed by atoms with Crippen molar-refractivity contribution in [3.63, 3.8) is 0 Å². The molecule has 1 atom stereocenters. The van der Waals surface area contributed by atoms with Crippen molar-refractivity contribution in [3.8, 4) is 0 Å². The number of non-ortho nitro benzene ring substituents is 1. The molecule has 0 radical (unpaired) electrons. The van der Waals surface area contributed by atoms with E-state index in [1.807, 2.05) is 13.8 Å². The minimum absolute atomic E-state index is 0.0593. The fourth-order valence-corrected chi connectivity index (χ4v) is 2.31. The summed E-state index contributed by atoms with van der Waals surface area (Å²) in [7, 11) is 0. The molecule has 1 unspecified atom stereocenters. The largest absolute Gasteiger partial charge is 0.294 e. The van der Waals surface area contributed by atoms with Crippen LogP contribution in [-0.2, 0) is 0 Å². The van der Waals surface area contributed by atoms with Crippen molar-refractivity contribution in [2.45, 2.75) is 34.1 Å². The Bertz CT molecular complexity index is 595. The lowest BCUT2D eigenvalue weighted by atomic mass is 9.89. The van der Waals surface area contributed by atoms with Crippen LogP contribution in [0.5, 0.6) is 0 Å². The number of benzene rings is 1. The van der Waals surface area contributed by atoms with Crippen molar-refractivity contribution in [2.75, 3.05) is 0 Å². The first-order valence-electron chi connectivity index (χ1n) is 6.62. The molecule has 0 bridgehead atoms. The smallest absolute Gasteiger partial charge is 0.279 e. The molecule has 0 aliphatic heterocycles. The van der Waals surface area contributed by atoms with Crippen LogP contribution in [0.25, 0.3) is 0 Å². The average Bonchev–Trinajstić information content (AvgIpc) is 2.36. The summed E-state index contributed by atoms with van der Waals surface area (Å²) in [6.07, 6.45) is 0.620. The van der Waals surface area contributed by atoms with Crippen molar-refractivity contribution in [3.05, 3.63) is 43.5 Å². The number of carbonyl (C=O) groups is 1. The molecule has 7 heteroatoms. The normalized spacial score (nSPS) is 12.2. The lowest BCUT2D eigenvalue weighted by Crippen LogP contribution is -2.16. The van der Waals surface area contributed by atoms with E-state index in [0.29, 0.717) is 6.42 Å². The molecule has 114 valence electrons. The molecular formula is C14H18N2O5. The van der Waals surface area contributed by atoms with Crippen molar-refractivity contribution in [1.29, 1.82) is 0 Å². The molecule has 0 spiro atoms. The maximum atomic E-state index is 12.4. The Morgan fingerprint density at radius 2 is 1.71 bits per heavy atom. The van der Waals surface area contributed by atoms with Crippen LogP contribution in [0.15, 0.2) is 12.1 Å². The highest BCUT2D eigenvalue weighted by Gasteiger charge is 2.27. The van der Waals surface area contributed by atoms with Gasteiger partial charge in [-0.15, -0.1) is 0 Å². The standard InChI is InChI=1S/C14H18N2O5/c1-8(2)5-9(3)14(17)12-6-11(15(18)19)7-13(10(12)4)16(20)21/h6-9H,5H2,1-4H3. The Balaban J connectivity index is 3.37. The molecule has 1 aromatic carbocycles. The molecule has 7 nitrogen and oxygen atoms in total. The Labute approximate surface area is 122 Å². The van der Waals surface area contributed by atoms with Crippen LogP contribution in [0.3, 0.4) is 0 Å². The number of carbonyl (C=O) groups excluding carboxylic acids is 1. The maximum Gasteiger partial charge on any atom is 0.279 e. The zero-order valence-corrected chi connectivity index (χ0v) is 12.5. The quantitative estimate of drug-likeness (QED) is 0.452. The Morgan fingerprint density at radius 3 is 2.14 bits per heavy atom. The third-order valence-electron chi connectivity index (χ3n) is 3.31. The number of rotatable bonds is 6. The molecule has 0 aliphatic rings. The highest BCUT2D eigenvalue weighted by molar-refractivity contribution is 6.00. The predicted molar refractivity (Wildman–Crippen MR) is 77.4 cm³/mol. The molecule has 0 fully saturated rings. The third kappa shape index (κ3) is 3.84. The van der Waals surface area contributed by atoms with Crippen LogP contribution >= 0.6 is 0 Å². The summed E-state index contributed by atoms with van der Waals surface area (Å²) < 4.78 is 0. The van der Waals surface area contributed by atoms with E-state index >= 15 is 0 Å². The number of Topliss-reactive ketones (excluding diaryl/α,β-unsaturated/α-hetero) is 1. The summed E-state index contributed by atoms with van der Waals surface area (Å²) in [6, 6.07) is 2.01. The first-order valence-corrected chi connectivity index (χ1v) is 6.62. The van der Waals surface area contributed by atoms with Gasteiger partial charge in [0.05, 0.1) is 15.9 Å². The fraction of sp³-hybridized carbons (Fsp3) is 0.500. The van der Waals surface area contributed by atoms with E-state index in [4.69, 9.17) is 0 Å². The second-order valence-corrected chi connectivity index (χ2v) is 5.55. The number of hydrogen-bond donors (Lipinski definition) is 0. The Hall–Kier alpha value is -2.31. The van der Waals surface area contributed by atoms with Gasteiger partial charge in [0, 0.05) is 23.1 Å². The molecule has 0 aliphatic carbocycles. The van der Waals surface area contributed by atoms with Crippen LogP contribution in [0, 0.1) is 39.0 Å². The number of hydrogen-bond acceptors (Lipinski definition) is 5. The zero-order chi connectivity index (χ0) is 16.3. The fourth-order valence-electron chi connectivity index (χ4n) is 2.31. The van der Waals surface area contributed by atoms with Gasteiger partial charge < -0.3 is 0 Å². The van der Waals surface area contributed by atoms with Gasteiger partial charge in [-0.05, 0) is 19.3 Å². The Morgan fingerprint density at radius 1 is 1.14 bits per heavy atom. The molecule has 0 saturated heterocycles. The van der Waals surface area contributed by atoms with E-state index < -0.39 is 21.2 Å². The first-order chi connectivity index (χ1) is 9.65. The van der Waals surface area contributed by atoms with Crippen LogP contribution in [0.1, 0.15) is 43.1 Å². The van der Waals surface area contributed by atoms with Gasteiger partial charge in [-0.3, -0.25) is 25.0 Å². The van der Waals surface area contributed by atoms with Gasteiger partial charge in [-0.1, -0.05) is 20.8 Å². The summed E-state index contributed by atoms with van der Waals surface area (Å²) >= 11 is 0. The van der Waals surface area contributed by atoms with Crippen molar-refractivity contribution < 1.29 is 14.6 Å². The van der Waals surface area contributed by atoms with E-state index in [1.165, 1.54) is 6.92 Å². The molecule has 21 heavy (non-hydrogen) atoms. The highest BCUT2D eigenvalue weighted by atomic mass is 16.6. The molecule has 0 heterocycles. The second kappa shape index (κ2) is 6.43. The number of nitro benzene ring substituents is 2. The second-order valence-electron chi connectivity index (χ2n) is 5.55. The first kappa shape index (κ1) is 16.7. The summed E-state index contributed by atoms with van der Waals surface area (Å²) in [6.45, 7) is 7.10.